The third kappa shape index (κ3) is 15.9. The fourth-order valence-electron chi connectivity index (χ4n) is 4.46. The normalized spacial score (nSPS) is 19.2. The van der Waals surface area contributed by atoms with Crippen LogP contribution in [0.1, 0.15) is 56.9 Å². The molecular formula is C31H50O7S2. The van der Waals surface area contributed by atoms with E-state index in [1.165, 1.54) is 66.7 Å². The number of hydrogen-bond donors (Lipinski definition) is 0. The zero-order valence-electron chi connectivity index (χ0n) is 24.2. The van der Waals surface area contributed by atoms with E-state index in [1.54, 1.807) is 0 Å². The van der Waals surface area contributed by atoms with Gasteiger partial charge in [-0.3, -0.25) is 0 Å². The Kier molecular flexibility index (Phi) is 19.9. The second-order valence-corrected chi connectivity index (χ2v) is 11.8. The van der Waals surface area contributed by atoms with Crippen LogP contribution in [0.4, 0.5) is 0 Å². The van der Waals surface area contributed by atoms with E-state index in [2.05, 4.69) is 29.0 Å². The minimum Gasteiger partial charge on any atom is -0.379 e. The third-order valence-corrected chi connectivity index (χ3v) is 8.66. The summed E-state index contributed by atoms with van der Waals surface area (Å²) in [4.78, 5) is 2.88. The highest BCUT2D eigenvalue weighted by atomic mass is 32.1. The maximum Gasteiger partial charge on any atom is 0.104 e. The van der Waals surface area contributed by atoms with Gasteiger partial charge in [-0.15, -0.1) is 22.7 Å². The van der Waals surface area contributed by atoms with Crippen molar-refractivity contribution in [2.45, 2.75) is 63.9 Å². The van der Waals surface area contributed by atoms with Crippen molar-refractivity contribution in [2.75, 3.05) is 85.9 Å². The highest BCUT2D eigenvalue weighted by Gasteiger charge is 2.11. The average Bonchev–Trinajstić information content (AvgIpc) is 3.66. The predicted octanol–water partition coefficient (Wildman–Crippen LogP) is 6.64. The Morgan fingerprint density at radius 2 is 1.23 bits per heavy atom. The highest BCUT2D eigenvalue weighted by molar-refractivity contribution is 7.20. The number of ether oxygens (including phenoxy) is 7. The lowest BCUT2D eigenvalue weighted by molar-refractivity contribution is -0.0846. The molecule has 1 aliphatic heterocycles. The van der Waals surface area contributed by atoms with Crippen molar-refractivity contribution in [2.24, 2.45) is 0 Å². The van der Waals surface area contributed by atoms with E-state index in [9.17, 15) is 0 Å². The molecule has 0 aromatic carbocycles. The van der Waals surface area contributed by atoms with Crippen LogP contribution in [0.15, 0.2) is 29.0 Å². The second-order valence-electron chi connectivity index (χ2n) is 9.92. The molecule has 9 heteroatoms. The first-order chi connectivity index (χ1) is 19.9. The first kappa shape index (κ1) is 33.6. The standard InChI is InChI=1S/C31H50O7S2/c1(3-5-7-10-28-12-25-40-31(28)30-11-9-24-39-30)2-4-6-8-13-36-26-29-27-37-21-20-34-17-16-32-14-15-33-18-19-35-22-23-38-29/h9,11-12,24-25,29H,1-8,10,13-23,26-27H2. The van der Waals surface area contributed by atoms with Gasteiger partial charge in [0.2, 0.25) is 0 Å². The second kappa shape index (κ2) is 23.7. The summed E-state index contributed by atoms with van der Waals surface area (Å²) in [6, 6.07) is 6.69. The number of rotatable bonds is 14. The molecule has 228 valence electrons. The average molecular weight is 599 g/mol. The molecule has 0 spiro atoms. The van der Waals surface area contributed by atoms with Gasteiger partial charge in [-0.05, 0) is 47.7 Å². The summed E-state index contributed by atoms with van der Waals surface area (Å²) in [5.74, 6) is 0. The monoisotopic (exact) mass is 598 g/mol. The predicted molar refractivity (Wildman–Crippen MR) is 163 cm³/mol. The lowest BCUT2D eigenvalue weighted by atomic mass is 10.0. The van der Waals surface area contributed by atoms with Crippen LogP contribution >= 0.6 is 22.7 Å². The number of thiophene rings is 2. The van der Waals surface area contributed by atoms with Crippen LogP contribution in [0.2, 0.25) is 0 Å². The topological polar surface area (TPSA) is 64.6 Å². The van der Waals surface area contributed by atoms with Crippen LogP contribution < -0.4 is 0 Å². The van der Waals surface area contributed by atoms with Gasteiger partial charge in [0, 0.05) is 16.4 Å². The number of aryl methyl sites for hydroxylation is 1. The Labute approximate surface area is 249 Å². The molecule has 40 heavy (non-hydrogen) atoms. The molecule has 1 aliphatic rings. The van der Waals surface area contributed by atoms with Crippen molar-refractivity contribution in [1.29, 1.82) is 0 Å². The lowest BCUT2D eigenvalue weighted by Crippen LogP contribution is -2.28. The molecule has 0 radical (unpaired) electrons. The Morgan fingerprint density at radius 3 is 1.88 bits per heavy atom. The first-order valence-electron chi connectivity index (χ1n) is 15.1. The highest BCUT2D eigenvalue weighted by Crippen LogP contribution is 2.33. The van der Waals surface area contributed by atoms with Crippen LogP contribution in [0.3, 0.4) is 0 Å². The van der Waals surface area contributed by atoms with Gasteiger partial charge in [-0.25, -0.2) is 0 Å². The molecular weight excluding hydrogens is 548 g/mol. The van der Waals surface area contributed by atoms with Crippen molar-refractivity contribution in [3.05, 3.63) is 34.5 Å². The summed E-state index contributed by atoms with van der Waals surface area (Å²) in [7, 11) is 0. The van der Waals surface area contributed by atoms with E-state index in [1.807, 2.05) is 22.7 Å². The van der Waals surface area contributed by atoms with Crippen molar-refractivity contribution in [3.63, 3.8) is 0 Å². The molecule has 1 saturated heterocycles. The lowest BCUT2D eigenvalue weighted by Gasteiger charge is -2.19. The van der Waals surface area contributed by atoms with Crippen LogP contribution in [0.25, 0.3) is 9.75 Å². The van der Waals surface area contributed by atoms with Gasteiger partial charge in [0.1, 0.15) is 6.10 Å². The Hall–Kier alpha value is -0.880. The number of hydrogen-bond acceptors (Lipinski definition) is 9. The van der Waals surface area contributed by atoms with Crippen molar-refractivity contribution in [1.82, 2.24) is 0 Å². The Balaban J connectivity index is 1.15. The van der Waals surface area contributed by atoms with E-state index in [0.29, 0.717) is 79.3 Å². The molecule has 3 rings (SSSR count). The van der Waals surface area contributed by atoms with Gasteiger partial charge >= 0.3 is 0 Å². The van der Waals surface area contributed by atoms with Crippen LogP contribution in [-0.4, -0.2) is 92.0 Å². The summed E-state index contributed by atoms with van der Waals surface area (Å²) < 4.78 is 39.7. The number of unbranched alkanes of at least 4 members (excludes halogenated alkanes) is 7. The molecule has 2 aromatic rings. The molecule has 0 aliphatic carbocycles. The summed E-state index contributed by atoms with van der Waals surface area (Å²) in [5, 5.41) is 4.40. The summed E-state index contributed by atoms with van der Waals surface area (Å²) in [6.07, 6.45) is 11.3. The van der Waals surface area contributed by atoms with Gasteiger partial charge in [0.15, 0.2) is 0 Å². The van der Waals surface area contributed by atoms with Crippen LogP contribution in [-0.2, 0) is 39.6 Å². The SMILES string of the molecule is c1csc(-c2sccc2CCCCCCCCCCOCC2COCCOCCOCCOCCOCCO2)c1. The quantitative estimate of drug-likeness (QED) is 0.226. The van der Waals surface area contributed by atoms with Gasteiger partial charge in [-0.1, -0.05) is 44.6 Å². The Morgan fingerprint density at radius 1 is 0.625 bits per heavy atom. The summed E-state index contributed by atoms with van der Waals surface area (Å²) in [5.41, 5.74) is 1.52. The van der Waals surface area contributed by atoms with Crippen molar-refractivity contribution >= 4 is 22.7 Å². The molecule has 7 nitrogen and oxygen atoms in total. The smallest absolute Gasteiger partial charge is 0.104 e. The van der Waals surface area contributed by atoms with E-state index in [0.717, 1.165) is 13.0 Å². The third-order valence-electron chi connectivity index (χ3n) is 6.65. The molecule has 0 N–H and O–H groups in total. The Bertz CT molecular complexity index is 796. The molecule has 1 atom stereocenters. The van der Waals surface area contributed by atoms with E-state index in [4.69, 9.17) is 33.2 Å². The first-order valence-corrected chi connectivity index (χ1v) is 16.9. The summed E-state index contributed by atoms with van der Waals surface area (Å²) >= 11 is 3.72. The maximum atomic E-state index is 5.95. The van der Waals surface area contributed by atoms with Crippen molar-refractivity contribution < 1.29 is 33.2 Å². The molecule has 0 bridgehead atoms. The van der Waals surface area contributed by atoms with Gasteiger partial charge < -0.3 is 33.2 Å². The van der Waals surface area contributed by atoms with Gasteiger partial charge in [0.05, 0.1) is 79.3 Å². The van der Waals surface area contributed by atoms with Crippen LogP contribution in [0.5, 0.6) is 0 Å². The van der Waals surface area contributed by atoms with Gasteiger partial charge in [-0.2, -0.15) is 0 Å². The minimum absolute atomic E-state index is 0.0995. The summed E-state index contributed by atoms with van der Waals surface area (Å²) in [6.45, 7) is 7.28. The largest absolute Gasteiger partial charge is 0.379 e. The molecule has 0 saturated carbocycles. The van der Waals surface area contributed by atoms with E-state index >= 15 is 0 Å². The fourth-order valence-corrected chi connectivity index (χ4v) is 6.33. The van der Waals surface area contributed by atoms with E-state index < -0.39 is 0 Å². The minimum atomic E-state index is -0.0995. The van der Waals surface area contributed by atoms with Crippen LogP contribution in [0, 0.1) is 0 Å². The molecule has 1 fully saturated rings. The van der Waals surface area contributed by atoms with Crippen molar-refractivity contribution in [3.8, 4) is 9.75 Å². The molecule has 3 heterocycles. The zero-order valence-corrected chi connectivity index (χ0v) is 25.8. The van der Waals surface area contributed by atoms with E-state index in [-0.39, 0.29) is 6.10 Å². The van der Waals surface area contributed by atoms with Gasteiger partial charge in [0.25, 0.3) is 0 Å². The molecule has 2 aromatic heterocycles. The molecule has 1 unspecified atom stereocenters. The zero-order chi connectivity index (χ0) is 27.8. The fraction of sp³-hybridized carbons (Fsp3) is 0.742. The maximum absolute atomic E-state index is 5.95. The molecule has 0 amide bonds.